The van der Waals surface area contributed by atoms with Crippen LogP contribution < -0.4 is 11.1 Å². The van der Waals surface area contributed by atoms with Gasteiger partial charge in [0.1, 0.15) is 5.82 Å². The van der Waals surface area contributed by atoms with Crippen LogP contribution in [0.25, 0.3) is 10.9 Å². The minimum Gasteiger partial charge on any atom is -0.383 e. The molecule has 0 bridgehead atoms. The first-order chi connectivity index (χ1) is 13.5. The average Bonchev–Trinajstić information content (AvgIpc) is 3.21. The second kappa shape index (κ2) is 7.75. The number of ether oxygens (including phenoxy) is 1. The SMILES string of the molecule is C[C@H]1CC[C@H]([C@@H]2CCCCO2)N(C(=O)C(=O)Nc2cnc(N)c3cn[nH]c23)C1. The first kappa shape index (κ1) is 18.7. The lowest BCUT2D eigenvalue weighted by molar-refractivity contribution is -0.151. The lowest BCUT2D eigenvalue weighted by atomic mass is 9.88. The van der Waals surface area contributed by atoms with Crippen molar-refractivity contribution in [1.82, 2.24) is 20.1 Å². The van der Waals surface area contributed by atoms with Crippen LogP contribution in [0.4, 0.5) is 11.5 Å². The van der Waals surface area contributed by atoms with Gasteiger partial charge in [-0.1, -0.05) is 6.92 Å². The van der Waals surface area contributed by atoms with Gasteiger partial charge >= 0.3 is 11.8 Å². The molecule has 2 aliphatic rings. The van der Waals surface area contributed by atoms with Crippen LogP contribution >= 0.6 is 0 Å². The van der Waals surface area contributed by atoms with Crippen molar-refractivity contribution in [3.8, 4) is 0 Å². The third kappa shape index (κ3) is 3.54. The predicted molar refractivity (Wildman–Crippen MR) is 104 cm³/mol. The van der Waals surface area contributed by atoms with Crippen LogP contribution in [0.3, 0.4) is 0 Å². The van der Waals surface area contributed by atoms with Crippen molar-refractivity contribution in [2.45, 2.75) is 51.2 Å². The molecular weight excluding hydrogens is 360 g/mol. The molecule has 2 aromatic heterocycles. The van der Waals surface area contributed by atoms with E-state index < -0.39 is 11.8 Å². The molecule has 9 nitrogen and oxygen atoms in total. The molecule has 2 saturated heterocycles. The van der Waals surface area contributed by atoms with E-state index in [0.29, 0.717) is 34.9 Å². The van der Waals surface area contributed by atoms with Gasteiger partial charge in [0.2, 0.25) is 0 Å². The number of fused-ring (bicyclic) bond motifs is 1. The van der Waals surface area contributed by atoms with E-state index in [1.165, 1.54) is 12.4 Å². The molecule has 9 heteroatoms. The molecule has 3 atom stereocenters. The third-order valence-electron chi connectivity index (χ3n) is 5.73. The summed E-state index contributed by atoms with van der Waals surface area (Å²) in [6.45, 7) is 3.39. The number of hydrogen-bond donors (Lipinski definition) is 3. The lowest BCUT2D eigenvalue weighted by Crippen LogP contribution is -2.55. The minimum absolute atomic E-state index is 0.00973. The summed E-state index contributed by atoms with van der Waals surface area (Å²) in [7, 11) is 0. The Kier molecular flexibility index (Phi) is 5.17. The number of nitrogen functional groups attached to an aromatic ring is 1. The van der Waals surface area contributed by atoms with E-state index in [9.17, 15) is 9.59 Å². The average molecular weight is 386 g/mol. The molecule has 0 unspecified atom stereocenters. The third-order valence-corrected chi connectivity index (χ3v) is 5.73. The van der Waals surface area contributed by atoms with Crippen LogP contribution in [0.1, 0.15) is 39.0 Å². The first-order valence-electron chi connectivity index (χ1n) is 9.85. The standard InChI is InChI=1S/C19H26N6O3/c1-11-5-6-14(15-4-2-3-7-28-15)25(10-11)19(27)18(26)23-13-9-21-17(20)12-8-22-24-16(12)13/h8-9,11,14-15H,2-7,10H2,1H3,(H2,20,21)(H,22,24)(H,23,26)/t11-,14+,15-/m0/s1. The topological polar surface area (TPSA) is 126 Å². The van der Waals surface area contributed by atoms with Gasteiger partial charge < -0.3 is 20.7 Å². The number of nitrogens with one attached hydrogen (secondary N) is 2. The Morgan fingerprint density at radius 3 is 2.93 bits per heavy atom. The number of piperidine rings is 1. The number of carbonyl (C=O) groups is 2. The summed E-state index contributed by atoms with van der Waals surface area (Å²) in [4.78, 5) is 31.6. The normalized spacial score (nSPS) is 25.6. The Hall–Kier alpha value is -2.68. The van der Waals surface area contributed by atoms with E-state index >= 15 is 0 Å². The van der Waals surface area contributed by atoms with E-state index in [4.69, 9.17) is 10.5 Å². The Balaban J connectivity index is 1.52. The van der Waals surface area contributed by atoms with Gasteiger partial charge in [-0.15, -0.1) is 0 Å². The highest BCUT2D eigenvalue weighted by Gasteiger charge is 2.38. The highest BCUT2D eigenvalue weighted by molar-refractivity contribution is 6.40. The van der Waals surface area contributed by atoms with E-state index in [-0.39, 0.29) is 12.1 Å². The van der Waals surface area contributed by atoms with Crippen molar-refractivity contribution in [1.29, 1.82) is 0 Å². The number of likely N-dealkylation sites (tertiary alicyclic amines) is 1. The second-order valence-corrected chi connectivity index (χ2v) is 7.78. The maximum atomic E-state index is 13.0. The molecule has 2 aromatic rings. The van der Waals surface area contributed by atoms with Gasteiger partial charge in [0.25, 0.3) is 0 Å². The number of H-pyrrole nitrogens is 1. The zero-order valence-electron chi connectivity index (χ0n) is 16.0. The quantitative estimate of drug-likeness (QED) is 0.674. The van der Waals surface area contributed by atoms with Crippen molar-refractivity contribution in [2.24, 2.45) is 5.92 Å². The monoisotopic (exact) mass is 386 g/mol. The molecule has 0 spiro atoms. The van der Waals surface area contributed by atoms with Crippen LogP contribution in [0.2, 0.25) is 0 Å². The number of nitrogens with zero attached hydrogens (tertiary/aromatic N) is 3. The fraction of sp³-hybridized carbons (Fsp3) is 0.579. The van der Waals surface area contributed by atoms with Crippen molar-refractivity contribution in [2.75, 3.05) is 24.2 Å². The Bertz CT molecular complexity index is 876. The summed E-state index contributed by atoms with van der Waals surface area (Å²) in [6.07, 6.45) is 7.96. The van der Waals surface area contributed by atoms with Gasteiger partial charge in [-0.3, -0.25) is 14.7 Å². The highest BCUT2D eigenvalue weighted by atomic mass is 16.5. The molecule has 2 amide bonds. The van der Waals surface area contributed by atoms with E-state index in [0.717, 1.165) is 38.7 Å². The summed E-state index contributed by atoms with van der Waals surface area (Å²) in [5.41, 5.74) is 6.75. The minimum atomic E-state index is -0.683. The number of amides is 2. The highest BCUT2D eigenvalue weighted by Crippen LogP contribution is 2.30. The molecule has 0 radical (unpaired) electrons. The summed E-state index contributed by atoms with van der Waals surface area (Å²) in [6, 6.07) is -0.0496. The molecule has 0 aliphatic carbocycles. The number of aromatic nitrogens is 3. The maximum absolute atomic E-state index is 13.0. The van der Waals surface area contributed by atoms with Crippen molar-refractivity contribution in [3.63, 3.8) is 0 Å². The van der Waals surface area contributed by atoms with Crippen LogP contribution in [0.15, 0.2) is 12.4 Å². The van der Waals surface area contributed by atoms with Crippen molar-refractivity contribution < 1.29 is 14.3 Å². The Labute approximate surface area is 163 Å². The van der Waals surface area contributed by atoms with Gasteiger partial charge in [0, 0.05) is 13.2 Å². The first-order valence-corrected chi connectivity index (χ1v) is 9.85. The maximum Gasteiger partial charge on any atom is 0.314 e. The zero-order chi connectivity index (χ0) is 19.7. The molecule has 0 aromatic carbocycles. The number of carbonyl (C=O) groups excluding carboxylic acids is 2. The lowest BCUT2D eigenvalue weighted by Gasteiger charge is -2.43. The van der Waals surface area contributed by atoms with Gasteiger partial charge in [0.15, 0.2) is 0 Å². The largest absolute Gasteiger partial charge is 0.383 e. The number of anilines is 2. The van der Waals surface area contributed by atoms with Gasteiger partial charge in [-0.2, -0.15) is 5.10 Å². The van der Waals surface area contributed by atoms with E-state index in [2.05, 4.69) is 27.4 Å². The number of hydrogen-bond acceptors (Lipinski definition) is 6. The molecule has 2 fully saturated rings. The second-order valence-electron chi connectivity index (χ2n) is 7.78. The van der Waals surface area contributed by atoms with E-state index in [1.807, 2.05) is 0 Å². The van der Waals surface area contributed by atoms with Gasteiger partial charge in [0.05, 0.1) is 41.1 Å². The number of rotatable bonds is 2. The van der Waals surface area contributed by atoms with Gasteiger partial charge in [-0.25, -0.2) is 4.98 Å². The molecule has 28 heavy (non-hydrogen) atoms. The molecule has 150 valence electrons. The van der Waals surface area contributed by atoms with Crippen molar-refractivity contribution in [3.05, 3.63) is 12.4 Å². The number of nitrogens with two attached hydrogens (primary N) is 1. The molecule has 4 rings (SSSR count). The van der Waals surface area contributed by atoms with Crippen LogP contribution in [0, 0.1) is 5.92 Å². The Morgan fingerprint density at radius 2 is 2.14 bits per heavy atom. The fourth-order valence-electron chi connectivity index (χ4n) is 4.22. The molecule has 4 heterocycles. The summed E-state index contributed by atoms with van der Waals surface area (Å²) in [5, 5.41) is 10.0. The molecule has 4 N–H and O–H groups in total. The molecule has 0 saturated carbocycles. The number of aromatic amines is 1. The van der Waals surface area contributed by atoms with Crippen LogP contribution in [0.5, 0.6) is 0 Å². The summed E-state index contributed by atoms with van der Waals surface area (Å²) >= 11 is 0. The Morgan fingerprint density at radius 1 is 1.29 bits per heavy atom. The predicted octanol–water partition coefficient (Wildman–Crippen LogP) is 1.67. The fourth-order valence-corrected chi connectivity index (χ4v) is 4.22. The van der Waals surface area contributed by atoms with Crippen LogP contribution in [-0.2, 0) is 14.3 Å². The molecule has 2 aliphatic heterocycles. The van der Waals surface area contributed by atoms with Crippen molar-refractivity contribution >= 4 is 34.2 Å². The summed E-state index contributed by atoms with van der Waals surface area (Å²) < 4.78 is 5.93. The number of pyridine rings is 1. The molecular formula is C19H26N6O3. The van der Waals surface area contributed by atoms with Crippen LogP contribution in [-0.4, -0.2) is 57.2 Å². The van der Waals surface area contributed by atoms with E-state index in [1.54, 1.807) is 4.90 Å². The zero-order valence-corrected chi connectivity index (χ0v) is 16.0. The van der Waals surface area contributed by atoms with Gasteiger partial charge in [-0.05, 0) is 38.0 Å². The summed E-state index contributed by atoms with van der Waals surface area (Å²) in [5.74, 6) is -0.547. The smallest absolute Gasteiger partial charge is 0.314 e.